The third-order valence-electron chi connectivity index (χ3n) is 4.62. The molecular formula is C20H19FN4O5S2. The summed E-state index contributed by atoms with van der Waals surface area (Å²) in [6, 6.07) is 9.39. The second kappa shape index (κ2) is 8.71. The van der Waals surface area contributed by atoms with Gasteiger partial charge in [-0.1, -0.05) is 0 Å². The third-order valence-corrected chi connectivity index (χ3v) is 7.26. The van der Waals surface area contributed by atoms with E-state index in [9.17, 15) is 17.6 Å². The highest BCUT2D eigenvalue weighted by molar-refractivity contribution is 7.99. The van der Waals surface area contributed by atoms with E-state index >= 15 is 0 Å². The van der Waals surface area contributed by atoms with Gasteiger partial charge in [-0.2, -0.15) is 5.10 Å². The Balaban J connectivity index is 1.58. The second-order valence-corrected chi connectivity index (χ2v) is 9.43. The van der Waals surface area contributed by atoms with Crippen molar-refractivity contribution in [3.63, 3.8) is 0 Å². The van der Waals surface area contributed by atoms with Gasteiger partial charge in [0.05, 0.1) is 4.90 Å². The van der Waals surface area contributed by atoms with Crippen molar-refractivity contribution < 1.29 is 27.1 Å². The number of rotatable bonds is 6. The third kappa shape index (κ3) is 4.23. The first-order valence-electron chi connectivity index (χ1n) is 9.40. The number of sulfone groups is 1. The SMILES string of the molecule is CSc1nn(CC(=O)Nc2ccc3c(c2)OCCO3)c(N)c1S(=O)(=O)c1ccc(F)cc1. The van der Waals surface area contributed by atoms with E-state index < -0.39 is 21.6 Å². The van der Waals surface area contributed by atoms with E-state index in [0.29, 0.717) is 30.4 Å². The van der Waals surface area contributed by atoms with Crippen LogP contribution in [0.25, 0.3) is 0 Å². The Bertz CT molecular complexity index is 1280. The number of nitrogens with zero attached hydrogens (tertiary/aromatic N) is 2. The molecule has 32 heavy (non-hydrogen) atoms. The number of aromatic nitrogens is 2. The molecule has 0 radical (unpaired) electrons. The molecule has 0 fully saturated rings. The summed E-state index contributed by atoms with van der Waals surface area (Å²) in [6.45, 7) is 0.558. The molecule has 2 aromatic carbocycles. The molecule has 0 aliphatic carbocycles. The number of carbonyl (C=O) groups is 1. The van der Waals surface area contributed by atoms with Gasteiger partial charge in [-0.05, 0) is 42.7 Å². The number of hydrogen-bond donors (Lipinski definition) is 2. The van der Waals surface area contributed by atoms with Crippen LogP contribution in [0, 0.1) is 5.82 Å². The molecule has 4 rings (SSSR count). The van der Waals surface area contributed by atoms with Gasteiger partial charge in [0, 0.05) is 11.8 Å². The van der Waals surface area contributed by atoms with E-state index in [4.69, 9.17) is 15.2 Å². The Hall–Kier alpha value is -3.25. The normalized spacial score (nSPS) is 13.1. The van der Waals surface area contributed by atoms with Gasteiger partial charge >= 0.3 is 0 Å². The summed E-state index contributed by atoms with van der Waals surface area (Å²) in [5.74, 6) is -0.102. The lowest BCUT2D eigenvalue weighted by atomic mass is 10.2. The fraction of sp³-hybridized carbons (Fsp3) is 0.200. The van der Waals surface area contributed by atoms with Crippen molar-refractivity contribution in [3.05, 3.63) is 48.3 Å². The van der Waals surface area contributed by atoms with Gasteiger partial charge in [0.25, 0.3) is 0 Å². The summed E-state index contributed by atoms with van der Waals surface area (Å²) in [6.07, 6.45) is 1.64. The van der Waals surface area contributed by atoms with E-state index in [0.717, 1.165) is 40.7 Å². The number of anilines is 2. The minimum absolute atomic E-state index is 0.124. The molecule has 2 heterocycles. The minimum atomic E-state index is -4.07. The summed E-state index contributed by atoms with van der Waals surface area (Å²) < 4.78 is 51.4. The average molecular weight is 479 g/mol. The first-order chi connectivity index (χ1) is 15.3. The van der Waals surface area contributed by atoms with Crippen molar-refractivity contribution in [2.24, 2.45) is 0 Å². The first kappa shape index (κ1) is 22.0. The van der Waals surface area contributed by atoms with Crippen molar-refractivity contribution in [2.75, 3.05) is 30.5 Å². The number of nitrogens with one attached hydrogen (secondary N) is 1. The number of hydrogen-bond acceptors (Lipinski definition) is 8. The number of halogens is 1. The van der Waals surface area contributed by atoms with Crippen LogP contribution in [0.2, 0.25) is 0 Å². The van der Waals surface area contributed by atoms with Crippen molar-refractivity contribution in [1.29, 1.82) is 0 Å². The summed E-state index contributed by atoms with van der Waals surface area (Å²) in [5, 5.41) is 7.03. The average Bonchev–Trinajstić information content (AvgIpc) is 3.09. The lowest BCUT2D eigenvalue weighted by Gasteiger charge is -2.19. The fourth-order valence-corrected chi connectivity index (χ4v) is 5.56. The Morgan fingerprint density at radius 3 is 2.56 bits per heavy atom. The van der Waals surface area contributed by atoms with Crippen LogP contribution in [0.4, 0.5) is 15.9 Å². The molecule has 1 aliphatic rings. The Kier molecular flexibility index (Phi) is 5.98. The monoisotopic (exact) mass is 478 g/mol. The van der Waals surface area contributed by atoms with E-state index in [1.807, 2.05) is 0 Å². The number of ether oxygens (including phenoxy) is 2. The molecule has 9 nitrogen and oxygen atoms in total. The molecule has 0 spiro atoms. The van der Waals surface area contributed by atoms with Crippen molar-refractivity contribution in [2.45, 2.75) is 21.4 Å². The first-order valence-corrected chi connectivity index (χ1v) is 12.1. The number of nitrogen functional groups attached to an aromatic ring is 1. The van der Waals surface area contributed by atoms with E-state index in [1.54, 1.807) is 24.5 Å². The number of carbonyl (C=O) groups excluding carboxylic acids is 1. The largest absolute Gasteiger partial charge is 0.486 e. The number of nitrogens with two attached hydrogens (primary N) is 1. The van der Waals surface area contributed by atoms with Crippen molar-refractivity contribution in [1.82, 2.24) is 9.78 Å². The number of amides is 1. The number of thioether (sulfide) groups is 1. The molecule has 168 valence electrons. The minimum Gasteiger partial charge on any atom is -0.486 e. The predicted molar refractivity (Wildman–Crippen MR) is 116 cm³/mol. The maximum atomic E-state index is 13.2. The predicted octanol–water partition coefficient (Wildman–Crippen LogP) is 2.57. The van der Waals surface area contributed by atoms with Crippen molar-refractivity contribution >= 4 is 39.0 Å². The summed E-state index contributed by atoms with van der Waals surface area (Å²) >= 11 is 1.07. The van der Waals surface area contributed by atoms with Gasteiger partial charge < -0.3 is 20.5 Å². The van der Waals surface area contributed by atoms with E-state index in [2.05, 4.69) is 10.4 Å². The standard InChI is InChI=1S/C20H19FN4O5S2/c1-31-20-18(32(27,28)14-5-2-12(21)3-6-14)19(22)25(24-20)11-17(26)23-13-4-7-15-16(10-13)30-9-8-29-15/h2-7,10H,8-9,11,22H2,1H3,(H,23,26). The zero-order chi connectivity index (χ0) is 22.9. The molecule has 1 amide bonds. The quantitative estimate of drug-likeness (QED) is 0.409. The highest BCUT2D eigenvalue weighted by Crippen LogP contribution is 2.35. The van der Waals surface area contributed by atoms with Gasteiger partial charge in [0.2, 0.25) is 15.7 Å². The van der Waals surface area contributed by atoms with Crippen LogP contribution in [0.1, 0.15) is 0 Å². The van der Waals surface area contributed by atoms with E-state index in [1.165, 1.54) is 0 Å². The molecular weight excluding hydrogens is 459 g/mol. The zero-order valence-electron chi connectivity index (χ0n) is 16.9. The molecule has 0 saturated heterocycles. The Morgan fingerprint density at radius 2 is 1.88 bits per heavy atom. The van der Waals surface area contributed by atoms with Crippen molar-refractivity contribution in [3.8, 4) is 11.5 Å². The summed E-state index contributed by atoms with van der Waals surface area (Å²) in [5.41, 5.74) is 6.56. The molecule has 0 unspecified atom stereocenters. The maximum absolute atomic E-state index is 13.2. The highest BCUT2D eigenvalue weighted by Gasteiger charge is 2.29. The van der Waals surface area contributed by atoms with Crippen LogP contribution in [0.3, 0.4) is 0 Å². The molecule has 1 aromatic heterocycles. The molecule has 3 N–H and O–H groups in total. The van der Waals surface area contributed by atoms with Crippen LogP contribution in [0.15, 0.2) is 57.3 Å². The van der Waals surface area contributed by atoms with Gasteiger partial charge in [-0.3, -0.25) is 4.79 Å². The number of fused-ring (bicyclic) bond motifs is 1. The Morgan fingerprint density at radius 1 is 1.19 bits per heavy atom. The van der Waals surface area contributed by atoms with Crippen LogP contribution in [-0.4, -0.2) is 43.6 Å². The van der Waals surface area contributed by atoms with Gasteiger partial charge in [-0.15, -0.1) is 11.8 Å². The molecule has 3 aromatic rings. The van der Waals surface area contributed by atoms with Gasteiger partial charge in [0.1, 0.15) is 41.3 Å². The molecule has 0 atom stereocenters. The maximum Gasteiger partial charge on any atom is 0.246 e. The fourth-order valence-electron chi connectivity index (χ4n) is 3.13. The summed E-state index contributed by atoms with van der Waals surface area (Å²) in [7, 11) is -4.07. The van der Waals surface area contributed by atoms with Crippen LogP contribution < -0.4 is 20.5 Å². The zero-order valence-corrected chi connectivity index (χ0v) is 18.5. The van der Waals surface area contributed by atoms with Gasteiger partial charge in [-0.25, -0.2) is 17.5 Å². The molecule has 0 saturated carbocycles. The topological polar surface area (TPSA) is 126 Å². The highest BCUT2D eigenvalue weighted by atomic mass is 32.2. The molecule has 12 heteroatoms. The van der Waals surface area contributed by atoms with Crippen LogP contribution >= 0.6 is 11.8 Å². The molecule has 0 bridgehead atoms. The second-order valence-electron chi connectivity index (χ2n) is 6.75. The lowest BCUT2D eigenvalue weighted by molar-refractivity contribution is -0.116. The van der Waals surface area contributed by atoms with Crippen LogP contribution in [-0.2, 0) is 21.2 Å². The Labute approximate surface area is 187 Å². The summed E-state index contributed by atoms with van der Waals surface area (Å²) in [4.78, 5) is 12.2. The number of benzene rings is 2. The van der Waals surface area contributed by atoms with E-state index in [-0.39, 0.29) is 27.2 Å². The molecule has 1 aliphatic heterocycles. The smallest absolute Gasteiger partial charge is 0.246 e. The van der Waals surface area contributed by atoms with Gasteiger partial charge in [0.15, 0.2) is 11.5 Å². The lowest BCUT2D eigenvalue weighted by Crippen LogP contribution is -2.21. The van der Waals surface area contributed by atoms with Crippen LogP contribution in [0.5, 0.6) is 11.5 Å².